The van der Waals surface area contributed by atoms with Crippen LogP contribution in [0, 0.1) is 0 Å². The SMILES string of the molecule is [Cl][Co][Cl].[Na+].[OH-]. The molecule has 0 aliphatic carbocycles. The summed E-state index contributed by atoms with van der Waals surface area (Å²) in [5.74, 6) is 0. The predicted molar refractivity (Wildman–Crippen MR) is 13.6 cm³/mol. The molecule has 0 unspecified atom stereocenters. The standard InChI is InChI=1S/2ClH.Co.Na.H2O/h2*1H;;;1H2/q;;+2;+1;/p-3. The van der Waals surface area contributed by atoms with Crippen LogP contribution in [0.25, 0.3) is 0 Å². The molecule has 0 aromatic heterocycles. The van der Waals surface area contributed by atoms with Crippen molar-refractivity contribution in [3.63, 3.8) is 0 Å². The summed E-state index contributed by atoms with van der Waals surface area (Å²) in [7, 11) is 9.47. The minimum absolute atomic E-state index is 0. The van der Waals surface area contributed by atoms with Gasteiger partial charge in [-0.05, 0) is 0 Å². The van der Waals surface area contributed by atoms with Crippen molar-refractivity contribution in [1.29, 1.82) is 0 Å². The summed E-state index contributed by atoms with van der Waals surface area (Å²) in [5.41, 5.74) is 0. The maximum atomic E-state index is 4.73. The molecule has 0 radical (unpaired) electrons. The molecule has 0 aliphatic rings. The van der Waals surface area contributed by atoms with Gasteiger partial charge in [0.25, 0.3) is 0 Å². The minimum Gasteiger partial charge on any atom is -0.870 e. The van der Waals surface area contributed by atoms with E-state index in [2.05, 4.69) is 0 Å². The average molecular weight is 170 g/mol. The van der Waals surface area contributed by atoms with Crippen molar-refractivity contribution in [3.05, 3.63) is 0 Å². The van der Waals surface area contributed by atoms with Crippen LogP contribution in [0.3, 0.4) is 0 Å². The fourth-order valence-electron chi connectivity index (χ4n) is 0. The second kappa shape index (κ2) is 16.6. The van der Waals surface area contributed by atoms with Crippen LogP contribution >= 0.6 is 20.3 Å². The molecule has 0 aromatic carbocycles. The predicted octanol–water partition coefficient (Wildman–Crippen LogP) is -1.80. The summed E-state index contributed by atoms with van der Waals surface area (Å²) < 4.78 is 0. The zero-order chi connectivity index (χ0) is 2.71. The molecule has 0 saturated carbocycles. The first-order chi connectivity index (χ1) is 1.41. The van der Waals surface area contributed by atoms with E-state index < -0.39 is 0 Å². The first-order valence-corrected chi connectivity index (χ1v) is 3.12. The van der Waals surface area contributed by atoms with E-state index in [-0.39, 0.29) is 35.0 Å². The maximum Gasteiger partial charge on any atom is 1.00 e. The summed E-state index contributed by atoms with van der Waals surface area (Å²) >= 11 is 0.382. The Balaban J connectivity index is -0.0000000200. The van der Waals surface area contributed by atoms with Gasteiger partial charge < -0.3 is 5.48 Å². The fraction of sp³-hybridized carbons (Fsp3) is 0. The van der Waals surface area contributed by atoms with Crippen LogP contribution in [0.5, 0.6) is 0 Å². The summed E-state index contributed by atoms with van der Waals surface area (Å²) in [6.07, 6.45) is 0. The topological polar surface area (TPSA) is 30.0 Å². The van der Waals surface area contributed by atoms with E-state index in [1.807, 2.05) is 0 Å². The van der Waals surface area contributed by atoms with Gasteiger partial charge in [0.05, 0.1) is 0 Å². The van der Waals surface area contributed by atoms with Crippen molar-refractivity contribution < 1.29 is 47.9 Å². The zero-order valence-corrected chi connectivity index (χ0v) is 7.09. The molecule has 0 saturated heterocycles. The Morgan fingerprint density at radius 3 is 1.20 bits per heavy atom. The minimum atomic E-state index is 0. The van der Waals surface area contributed by atoms with Gasteiger partial charge in [0.2, 0.25) is 0 Å². The Morgan fingerprint density at radius 1 is 1.20 bits per heavy atom. The molecule has 5 heavy (non-hydrogen) atoms. The smallest absolute Gasteiger partial charge is 0.870 e. The molecule has 0 rings (SSSR count). The number of halogens is 2. The Morgan fingerprint density at radius 2 is 1.20 bits per heavy atom. The van der Waals surface area contributed by atoms with Crippen LogP contribution in [0.1, 0.15) is 0 Å². The molecule has 0 spiro atoms. The molecule has 0 heterocycles. The quantitative estimate of drug-likeness (QED) is 0.394. The second-order valence-electron chi connectivity index (χ2n) is 0.0476. The van der Waals surface area contributed by atoms with Crippen molar-refractivity contribution in [2.45, 2.75) is 0 Å². The fourth-order valence-corrected chi connectivity index (χ4v) is 0. The number of hydrogen-bond acceptors (Lipinski definition) is 1. The van der Waals surface area contributed by atoms with Crippen LogP contribution in [-0.4, -0.2) is 5.48 Å². The van der Waals surface area contributed by atoms with Crippen LogP contribution in [0.15, 0.2) is 0 Å². The van der Waals surface area contributed by atoms with Crippen LogP contribution in [0.4, 0.5) is 0 Å². The Kier molecular flexibility index (Phi) is 52.2. The molecular formula is HCl2CoNaO. The van der Waals surface area contributed by atoms with E-state index in [0.29, 0.717) is 12.9 Å². The van der Waals surface area contributed by atoms with Gasteiger partial charge >= 0.3 is 62.7 Å². The van der Waals surface area contributed by atoms with Gasteiger partial charge in [-0.1, -0.05) is 0 Å². The van der Waals surface area contributed by atoms with Gasteiger partial charge in [-0.2, -0.15) is 0 Å². The van der Waals surface area contributed by atoms with Gasteiger partial charge in [0.15, 0.2) is 0 Å². The van der Waals surface area contributed by atoms with E-state index >= 15 is 0 Å². The molecule has 5 heteroatoms. The molecule has 31 valence electrons. The molecule has 0 amide bonds. The summed E-state index contributed by atoms with van der Waals surface area (Å²) in [6.45, 7) is 0. The van der Waals surface area contributed by atoms with Gasteiger partial charge in [-0.25, -0.2) is 0 Å². The van der Waals surface area contributed by atoms with Crippen molar-refractivity contribution in [2.75, 3.05) is 0 Å². The van der Waals surface area contributed by atoms with E-state index in [4.69, 9.17) is 20.3 Å². The molecule has 0 atom stereocenters. The number of hydrogen-bond donors (Lipinski definition) is 0. The molecule has 1 N–H and O–H groups in total. The monoisotopic (exact) mass is 169 g/mol. The third-order valence-electron chi connectivity index (χ3n) is 0. The van der Waals surface area contributed by atoms with E-state index in [0.717, 1.165) is 0 Å². The van der Waals surface area contributed by atoms with Crippen LogP contribution in [0.2, 0.25) is 0 Å². The summed E-state index contributed by atoms with van der Waals surface area (Å²) in [4.78, 5) is 0. The normalized spacial score (nSPS) is 4.40. The Bertz CT molecular complexity index is 9.61. The third-order valence-corrected chi connectivity index (χ3v) is 0. The van der Waals surface area contributed by atoms with E-state index in [9.17, 15) is 0 Å². The van der Waals surface area contributed by atoms with Crippen molar-refractivity contribution in [3.8, 4) is 0 Å². The molecule has 1 nitrogen and oxygen atoms in total. The van der Waals surface area contributed by atoms with E-state index in [1.165, 1.54) is 0 Å². The maximum absolute atomic E-state index is 4.73. The molecule has 0 fully saturated rings. The number of rotatable bonds is 0. The first kappa shape index (κ1) is 15.7. The van der Waals surface area contributed by atoms with Gasteiger partial charge in [-0.3, -0.25) is 0 Å². The van der Waals surface area contributed by atoms with Crippen molar-refractivity contribution in [2.24, 2.45) is 0 Å². The van der Waals surface area contributed by atoms with Gasteiger partial charge in [-0.15, -0.1) is 0 Å². The van der Waals surface area contributed by atoms with Crippen LogP contribution in [-0.2, 0) is 12.9 Å². The second-order valence-corrected chi connectivity index (χ2v) is 1.77. The summed E-state index contributed by atoms with van der Waals surface area (Å²) in [5, 5.41) is 0. The van der Waals surface area contributed by atoms with Gasteiger partial charge in [0, 0.05) is 0 Å². The van der Waals surface area contributed by atoms with Crippen molar-refractivity contribution >= 4 is 20.3 Å². The third kappa shape index (κ3) is 23.6. The van der Waals surface area contributed by atoms with Crippen LogP contribution < -0.4 is 29.6 Å². The first-order valence-electron chi connectivity index (χ1n) is 0.252. The van der Waals surface area contributed by atoms with Crippen molar-refractivity contribution in [1.82, 2.24) is 0 Å². The summed E-state index contributed by atoms with van der Waals surface area (Å²) in [6, 6.07) is 0. The molecular weight excluding hydrogens is 169 g/mol. The zero-order valence-electron chi connectivity index (χ0n) is 2.54. The largest absolute Gasteiger partial charge is 1.00 e. The Labute approximate surface area is 67.5 Å². The average Bonchev–Trinajstić information content (AvgIpc) is 0.918. The van der Waals surface area contributed by atoms with E-state index in [1.54, 1.807) is 0 Å². The van der Waals surface area contributed by atoms with Gasteiger partial charge in [0.1, 0.15) is 0 Å². The molecule has 0 aromatic rings. The molecule has 0 bridgehead atoms. The molecule has 0 aliphatic heterocycles. The Hall–Kier alpha value is 2.05.